The summed E-state index contributed by atoms with van der Waals surface area (Å²) >= 11 is 5.64. The Balaban J connectivity index is 3.11. The largest absolute Gasteiger partial charge is 0.431 e. The molecule has 3 nitrogen and oxygen atoms in total. The highest BCUT2D eigenvalue weighted by Crippen LogP contribution is 2.34. The van der Waals surface area contributed by atoms with Gasteiger partial charge in [0, 0.05) is 7.05 Å². The van der Waals surface area contributed by atoms with Crippen molar-refractivity contribution >= 4 is 17.5 Å². The molecular weight excluding hydrogens is 233 g/mol. The second-order valence-electron chi connectivity index (χ2n) is 2.98. The molecule has 0 aromatic rings. The number of alkyl halides is 4. The van der Waals surface area contributed by atoms with E-state index in [1.54, 1.807) is 0 Å². The number of carbonyl (C=O) groups excluding carboxylic acids is 1. The standard InChI is InChI=1S/C8H8ClF3N2O/c1-14-5(8(10,11)12)3-2-4(6(14)9)7(13)15/h2-3,6H,1H3,(H2,13,15). The molecule has 0 aromatic heterocycles. The van der Waals surface area contributed by atoms with Gasteiger partial charge in [0.25, 0.3) is 0 Å². The minimum absolute atomic E-state index is 0.0628. The van der Waals surface area contributed by atoms with Crippen LogP contribution in [0.5, 0.6) is 0 Å². The molecule has 1 amide bonds. The number of rotatable bonds is 1. The van der Waals surface area contributed by atoms with E-state index in [1.807, 2.05) is 0 Å². The van der Waals surface area contributed by atoms with Crippen LogP contribution >= 0.6 is 11.6 Å². The number of carbonyl (C=O) groups is 1. The Morgan fingerprint density at radius 1 is 1.53 bits per heavy atom. The molecule has 0 saturated carbocycles. The fraction of sp³-hybridized carbons (Fsp3) is 0.375. The summed E-state index contributed by atoms with van der Waals surface area (Å²) in [7, 11) is 1.15. The molecule has 1 aliphatic rings. The van der Waals surface area contributed by atoms with Gasteiger partial charge in [-0.2, -0.15) is 13.2 Å². The number of hydrogen-bond donors (Lipinski definition) is 1. The maximum atomic E-state index is 12.4. The molecule has 0 radical (unpaired) electrons. The van der Waals surface area contributed by atoms with Crippen molar-refractivity contribution in [3.05, 3.63) is 23.4 Å². The zero-order valence-electron chi connectivity index (χ0n) is 7.68. The maximum Gasteiger partial charge on any atom is 0.431 e. The van der Waals surface area contributed by atoms with Gasteiger partial charge >= 0.3 is 6.18 Å². The Morgan fingerprint density at radius 2 is 2.07 bits per heavy atom. The number of likely N-dealkylation sites (N-methyl/N-ethyl adjacent to an activating group) is 1. The Hall–Kier alpha value is -1.17. The Kier molecular flexibility index (Phi) is 2.99. The van der Waals surface area contributed by atoms with E-state index in [9.17, 15) is 18.0 Å². The molecule has 0 fully saturated rings. The molecule has 2 N–H and O–H groups in total. The van der Waals surface area contributed by atoms with Crippen molar-refractivity contribution in [1.29, 1.82) is 0 Å². The van der Waals surface area contributed by atoms with Crippen molar-refractivity contribution in [1.82, 2.24) is 4.90 Å². The predicted molar refractivity (Wildman–Crippen MR) is 48.8 cm³/mol. The highest BCUT2D eigenvalue weighted by molar-refractivity contribution is 6.25. The van der Waals surface area contributed by atoms with E-state index in [0.29, 0.717) is 0 Å². The van der Waals surface area contributed by atoms with E-state index < -0.39 is 23.3 Å². The summed E-state index contributed by atoms with van der Waals surface area (Å²) < 4.78 is 37.1. The second-order valence-corrected chi connectivity index (χ2v) is 3.40. The molecule has 15 heavy (non-hydrogen) atoms. The van der Waals surface area contributed by atoms with Gasteiger partial charge < -0.3 is 10.6 Å². The minimum Gasteiger partial charge on any atom is -0.366 e. The van der Waals surface area contributed by atoms with Gasteiger partial charge in [-0.15, -0.1) is 0 Å². The van der Waals surface area contributed by atoms with E-state index in [0.717, 1.165) is 24.1 Å². The summed E-state index contributed by atoms with van der Waals surface area (Å²) in [5, 5.41) is 0. The van der Waals surface area contributed by atoms with Gasteiger partial charge in [0.15, 0.2) is 0 Å². The molecule has 1 unspecified atom stereocenters. The summed E-state index contributed by atoms with van der Waals surface area (Å²) in [6, 6.07) is 0. The first kappa shape index (κ1) is 11.9. The summed E-state index contributed by atoms with van der Waals surface area (Å²) in [5.74, 6) is -0.834. The monoisotopic (exact) mass is 240 g/mol. The van der Waals surface area contributed by atoms with Crippen LogP contribution in [0.2, 0.25) is 0 Å². The van der Waals surface area contributed by atoms with Crippen LogP contribution in [0, 0.1) is 0 Å². The lowest BCUT2D eigenvalue weighted by molar-refractivity contribution is -0.117. The summed E-state index contributed by atoms with van der Waals surface area (Å²) in [5.41, 5.74) is 2.78. The lowest BCUT2D eigenvalue weighted by atomic mass is 10.1. The molecule has 84 valence electrons. The number of halogens is 4. The van der Waals surface area contributed by atoms with Gasteiger partial charge in [0.05, 0.1) is 5.57 Å². The SMILES string of the molecule is CN1C(C(F)(F)F)=CC=C(C(N)=O)C1Cl. The Morgan fingerprint density at radius 3 is 2.47 bits per heavy atom. The lowest BCUT2D eigenvalue weighted by Crippen LogP contribution is -2.40. The zero-order chi connectivity index (χ0) is 11.8. The van der Waals surface area contributed by atoms with Crippen LogP contribution in [0.15, 0.2) is 23.4 Å². The smallest absolute Gasteiger partial charge is 0.366 e. The van der Waals surface area contributed by atoms with Crippen LogP contribution in [-0.4, -0.2) is 29.5 Å². The number of primary amides is 1. The van der Waals surface area contributed by atoms with Gasteiger partial charge in [-0.3, -0.25) is 4.79 Å². The van der Waals surface area contributed by atoms with E-state index in [2.05, 4.69) is 0 Å². The van der Waals surface area contributed by atoms with E-state index in [-0.39, 0.29) is 5.57 Å². The molecule has 1 atom stereocenters. The molecule has 0 bridgehead atoms. The van der Waals surface area contributed by atoms with Crippen molar-refractivity contribution in [2.75, 3.05) is 7.05 Å². The first-order chi connectivity index (χ1) is 6.75. The van der Waals surface area contributed by atoms with E-state index >= 15 is 0 Å². The fourth-order valence-corrected chi connectivity index (χ4v) is 1.48. The first-order valence-electron chi connectivity index (χ1n) is 3.91. The van der Waals surface area contributed by atoms with Gasteiger partial charge in [-0.05, 0) is 12.2 Å². The van der Waals surface area contributed by atoms with Crippen LogP contribution in [-0.2, 0) is 4.79 Å². The highest BCUT2D eigenvalue weighted by atomic mass is 35.5. The van der Waals surface area contributed by atoms with Crippen molar-refractivity contribution in [3.8, 4) is 0 Å². The number of allylic oxidation sites excluding steroid dienone is 3. The fourth-order valence-electron chi connectivity index (χ4n) is 1.19. The Labute approximate surface area is 89.0 Å². The first-order valence-corrected chi connectivity index (χ1v) is 4.34. The molecule has 0 aliphatic carbocycles. The number of amides is 1. The topological polar surface area (TPSA) is 46.3 Å². The van der Waals surface area contributed by atoms with Crippen LogP contribution in [0.25, 0.3) is 0 Å². The molecule has 0 saturated heterocycles. The third-order valence-corrected chi connectivity index (χ3v) is 2.50. The van der Waals surface area contributed by atoms with Crippen molar-refractivity contribution in [2.24, 2.45) is 5.73 Å². The molecule has 0 spiro atoms. The molecular formula is C8H8ClF3N2O. The maximum absolute atomic E-state index is 12.4. The number of nitrogens with two attached hydrogens (primary N) is 1. The summed E-state index contributed by atoms with van der Waals surface area (Å²) in [4.78, 5) is 11.6. The van der Waals surface area contributed by atoms with E-state index in [1.165, 1.54) is 0 Å². The van der Waals surface area contributed by atoms with Crippen molar-refractivity contribution in [2.45, 2.75) is 11.7 Å². The van der Waals surface area contributed by atoms with Crippen LogP contribution in [0.4, 0.5) is 13.2 Å². The normalized spacial score (nSPS) is 22.2. The van der Waals surface area contributed by atoms with Gasteiger partial charge in [0.2, 0.25) is 5.91 Å². The summed E-state index contributed by atoms with van der Waals surface area (Å²) in [6.07, 6.45) is -2.73. The summed E-state index contributed by atoms with van der Waals surface area (Å²) in [6.45, 7) is 0. The average Bonchev–Trinajstić information content (AvgIpc) is 2.06. The van der Waals surface area contributed by atoms with Crippen LogP contribution in [0.3, 0.4) is 0 Å². The molecule has 7 heteroatoms. The van der Waals surface area contributed by atoms with Crippen LogP contribution in [0.1, 0.15) is 0 Å². The quantitative estimate of drug-likeness (QED) is 0.556. The molecule has 1 heterocycles. The second kappa shape index (κ2) is 3.77. The van der Waals surface area contributed by atoms with Gasteiger partial charge in [0.1, 0.15) is 11.2 Å². The molecule has 0 aromatic carbocycles. The lowest BCUT2D eigenvalue weighted by Gasteiger charge is -2.31. The third kappa shape index (κ3) is 2.26. The van der Waals surface area contributed by atoms with Gasteiger partial charge in [-0.1, -0.05) is 11.6 Å². The van der Waals surface area contributed by atoms with Gasteiger partial charge in [-0.25, -0.2) is 0 Å². The highest BCUT2D eigenvalue weighted by Gasteiger charge is 2.40. The molecule has 1 rings (SSSR count). The van der Waals surface area contributed by atoms with Crippen molar-refractivity contribution in [3.63, 3.8) is 0 Å². The third-order valence-electron chi connectivity index (χ3n) is 1.97. The average molecular weight is 241 g/mol. The number of nitrogens with zero attached hydrogens (tertiary/aromatic N) is 1. The molecule has 1 aliphatic heterocycles. The number of hydrogen-bond acceptors (Lipinski definition) is 2. The van der Waals surface area contributed by atoms with Crippen LogP contribution < -0.4 is 5.73 Å². The Bertz CT molecular complexity index is 348. The van der Waals surface area contributed by atoms with Crippen molar-refractivity contribution < 1.29 is 18.0 Å². The minimum atomic E-state index is -4.50. The van der Waals surface area contributed by atoms with E-state index in [4.69, 9.17) is 17.3 Å². The zero-order valence-corrected chi connectivity index (χ0v) is 8.43. The predicted octanol–water partition coefficient (Wildman–Crippen LogP) is 1.35.